The van der Waals surface area contributed by atoms with Crippen molar-refractivity contribution in [2.75, 3.05) is 6.54 Å². The van der Waals surface area contributed by atoms with Gasteiger partial charge in [0.2, 0.25) is 0 Å². The highest BCUT2D eigenvalue weighted by atomic mass is 79.9. The van der Waals surface area contributed by atoms with E-state index in [-0.39, 0.29) is 11.9 Å². The Morgan fingerprint density at radius 1 is 1.33 bits per heavy atom. The standard InChI is InChI=1S/C16H18BrN3O/c17-11-9-15(20(10-11)12-5-6-12)16(21)19-8-2-4-14(19)13-3-1-7-18-13/h1,3,7,9-10,12,14,18H,2,4-6,8H2. The number of rotatable bonds is 3. The summed E-state index contributed by atoms with van der Waals surface area (Å²) in [5.41, 5.74) is 1.97. The number of nitrogens with one attached hydrogen (secondary N) is 1. The third-order valence-corrected chi connectivity index (χ3v) is 4.90. The van der Waals surface area contributed by atoms with Crippen LogP contribution in [0.1, 0.15) is 53.9 Å². The maximum Gasteiger partial charge on any atom is 0.271 e. The van der Waals surface area contributed by atoms with E-state index in [1.54, 1.807) is 0 Å². The molecule has 1 aliphatic heterocycles. The number of halogens is 1. The summed E-state index contributed by atoms with van der Waals surface area (Å²) in [5.74, 6) is 0.157. The minimum atomic E-state index is 0.157. The fourth-order valence-electron chi connectivity index (χ4n) is 3.30. The predicted molar refractivity (Wildman–Crippen MR) is 84.2 cm³/mol. The SMILES string of the molecule is O=C(c1cc(Br)cn1C1CC1)N1CCCC1c1ccc[nH]1. The predicted octanol–water partition coefficient (Wildman–Crippen LogP) is 3.89. The third-order valence-electron chi connectivity index (χ3n) is 4.47. The number of amides is 1. The molecule has 1 atom stereocenters. The van der Waals surface area contributed by atoms with Crippen molar-refractivity contribution in [3.63, 3.8) is 0 Å². The Morgan fingerprint density at radius 2 is 2.19 bits per heavy atom. The number of carbonyl (C=O) groups excluding carboxylic acids is 1. The highest BCUT2D eigenvalue weighted by molar-refractivity contribution is 9.10. The van der Waals surface area contributed by atoms with Crippen LogP contribution >= 0.6 is 15.9 Å². The zero-order chi connectivity index (χ0) is 14.4. The Balaban J connectivity index is 1.65. The molecule has 2 fully saturated rings. The van der Waals surface area contributed by atoms with E-state index in [9.17, 15) is 4.79 Å². The van der Waals surface area contributed by atoms with Crippen molar-refractivity contribution in [2.24, 2.45) is 0 Å². The van der Waals surface area contributed by atoms with Gasteiger partial charge in [-0.3, -0.25) is 4.79 Å². The van der Waals surface area contributed by atoms with Gasteiger partial charge in [0, 0.05) is 35.1 Å². The van der Waals surface area contributed by atoms with E-state index in [0.717, 1.165) is 35.2 Å². The van der Waals surface area contributed by atoms with Crippen LogP contribution in [0.25, 0.3) is 0 Å². The number of hydrogen-bond donors (Lipinski definition) is 1. The van der Waals surface area contributed by atoms with Gasteiger partial charge in [0.15, 0.2) is 0 Å². The fraction of sp³-hybridized carbons (Fsp3) is 0.438. The summed E-state index contributed by atoms with van der Waals surface area (Å²) in [5, 5.41) is 0. The number of aromatic amines is 1. The van der Waals surface area contributed by atoms with Crippen LogP contribution < -0.4 is 0 Å². The van der Waals surface area contributed by atoms with Crippen LogP contribution in [0.5, 0.6) is 0 Å². The van der Waals surface area contributed by atoms with E-state index in [0.29, 0.717) is 6.04 Å². The topological polar surface area (TPSA) is 41.0 Å². The van der Waals surface area contributed by atoms with E-state index in [1.165, 1.54) is 12.8 Å². The summed E-state index contributed by atoms with van der Waals surface area (Å²) in [4.78, 5) is 18.3. The van der Waals surface area contributed by atoms with Crippen molar-refractivity contribution in [3.05, 3.63) is 46.5 Å². The van der Waals surface area contributed by atoms with E-state index in [1.807, 2.05) is 29.4 Å². The molecule has 4 nitrogen and oxygen atoms in total. The van der Waals surface area contributed by atoms with Crippen molar-refractivity contribution in [1.29, 1.82) is 0 Å². The van der Waals surface area contributed by atoms with Crippen molar-refractivity contribution in [3.8, 4) is 0 Å². The maximum atomic E-state index is 13.0. The van der Waals surface area contributed by atoms with Gasteiger partial charge in [-0.2, -0.15) is 0 Å². The van der Waals surface area contributed by atoms with Crippen molar-refractivity contribution < 1.29 is 4.79 Å². The molecule has 1 saturated carbocycles. The lowest BCUT2D eigenvalue weighted by molar-refractivity contribution is 0.0722. The molecule has 2 aromatic rings. The molecule has 2 aromatic heterocycles. The zero-order valence-electron chi connectivity index (χ0n) is 11.8. The van der Waals surface area contributed by atoms with Gasteiger partial charge in [0.1, 0.15) is 5.69 Å². The summed E-state index contributed by atoms with van der Waals surface area (Å²) in [6.07, 6.45) is 8.45. The first-order valence-electron chi connectivity index (χ1n) is 7.55. The van der Waals surface area contributed by atoms with Crippen LogP contribution in [0, 0.1) is 0 Å². The molecule has 5 heteroatoms. The molecule has 0 aromatic carbocycles. The number of nitrogens with zero attached hydrogens (tertiary/aromatic N) is 2. The molecule has 2 aliphatic rings. The second-order valence-electron chi connectivity index (χ2n) is 5.96. The molecular formula is C16H18BrN3O. The maximum absolute atomic E-state index is 13.0. The molecule has 110 valence electrons. The largest absolute Gasteiger partial charge is 0.363 e. The normalized spacial score (nSPS) is 22.0. The molecule has 0 spiro atoms. The van der Waals surface area contributed by atoms with Gasteiger partial charge in [0.25, 0.3) is 5.91 Å². The number of H-pyrrole nitrogens is 1. The van der Waals surface area contributed by atoms with Gasteiger partial charge in [0.05, 0.1) is 6.04 Å². The first kappa shape index (κ1) is 13.2. The molecule has 1 aliphatic carbocycles. The third kappa shape index (κ3) is 2.33. The van der Waals surface area contributed by atoms with Gasteiger partial charge in [-0.15, -0.1) is 0 Å². The summed E-state index contributed by atoms with van der Waals surface area (Å²) in [7, 11) is 0. The highest BCUT2D eigenvalue weighted by Gasteiger charge is 2.35. The molecule has 1 saturated heterocycles. The number of carbonyl (C=O) groups is 1. The van der Waals surface area contributed by atoms with Gasteiger partial charge in [-0.25, -0.2) is 0 Å². The van der Waals surface area contributed by atoms with Gasteiger partial charge < -0.3 is 14.5 Å². The van der Waals surface area contributed by atoms with Crippen LogP contribution in [-0.4, -0.2) is 26.9 Å². The first-order chi connectivity index (χ1) is 10.2. The molecular weight excluding hydrogens is 330 g/mol. The lowest BCUT2D eigenvalue weighted by Crippen LogP contribution is -2.32. The fourth-order valence-corrected chi connectivity index (χ4v) is 3.74. The molecule has 21 heavy (non-hydrogen) atoms. The highest BCUT2D eigenvalue weighted by Crippen LogP contribution is 2.39. The molecule has 0 bridgehead atoms. The minimum Gasteiger partial charge on any atom is -0.363 e. The van der Waals surface area contributed by atoms with E-state index >= 15 is 0 Å². The second kappa shape index (κ2) is 5.05. The lowest BCUT2D eigenvalue weighted by atomic mass is 10.1. The quantitative estimate of drug-likeness (QED) is 0.898. The van der Waals surface area contributed by atoms with Crippen LogP contribution in [0.3, 0.4) is 0 Å². The molecule has 1 N–H and O–H groups in total. The van der Waals surface area contributed by atoms with Crippen molar-refractivity contribution in [1.82, 2.24) is 14.5 Å². The molecule has 4 rings (SSSR count). The van der Waals surface area contributed by atoms with E-state index in [4.69, 9.17) is 0 Å². The molecule has 0 radical (unpaired) electrons. The van der Waals surface area contributed by atoms with Crippen molar-refractivity contribution in [2.45, 2.75) is 37.8 Å². The van der Waals surface area contributed by atoms with Gasteiger partial charge in [-0.1, -0.05) is 0 Å². The summed E-state index contributed by atoms with van der Waals surface area (Å²) >= 11 is 3.51. The number of likely N-dealkylation sites (tertiary alicyclic amines) is 1. The Labute approximate surface area is 132 Å². The van der Waals surface area contributed by atoms with Crippen LogP contribution in [0.15, 0.2) is 35.1 Å². The Kier molecular flexibility index (Phi) is 3.17. The van der Waals surface area contributed by atoms with Gasteiger partial charge in [-0.05, 0) is 59.8 Å². The minimum absolute atomic E-state index is 0.157. The van der Waals surface area contributed by atoms with Crippen LogP contribution in [0.4, 0.5) is 0 Å². The van der Waals surface area contributed by atoms with Gasteiger partial charge >= 0.3 is 0 Å². The second-order valence-corrected chi connectivity index (χ2v) is 6.88. The monoisotopic (exact) mass is 347 g/mol. The Hall–Kier alpha value is -1.49. The molecule has 1 amide bonds. The molecule has 3 heterocycles. The summed E-state index contributed by atoms with van der Waals surface area (Å²) < 4.78 is 3.14. The van der Waals surface area contributed by atoms with E-state index < -0.39 is 0 Å². The number of hydrogen-bond acceptors (Lipinski definition) is 1. The first-order valence-corrected chi connectivity index (χ1v) is 8.35. The number of aromatic nitrogens is 2. The average molecular weight is 348 g/mol. The average Bonchev–Trinajstić information content (AvgIpc) is 2.93. The van der Waals surface area contributed by atoms with Crippen molar-refractivity contribution >= 4 is 21.8 Å². The van der Waals surface area contributed by atoms with Crippen LogP contribution in [0.2, 0.25) is 0 Å². The van der Waals surface area contributed by atoms with Crippen LogP contribution in [-0.2, 0) is 0 Å². The zero-order valence-corrected chi connectivity index (χ0v) is 13.3. The Bertz CT molecular complexity index is 657. The Morgan fingerprint density at radius 3 is 2.90 bits per heavy atom. The molecule has 1 unspecified atom stereocenters. The summed E-state index contributed by atoms with van der Waals surface area (Å²) in [6.45, 7) is 0.843. The summed E-state index contributed by atoms with van der Waals surface area (Å²) in [6, 6.07) is 6.74. The lowest BCUT2D eigenvalue weighted by Gasteiger charge is -2.24. The smallest absolute Gasteiger partial charge is 0.271 e. The van der Waals surface area contributed by atoms with E-state index in [2.05, 4.69) is 31.5 Å².